The number of rotatable bonds is 2. The van der Waals surface area contributed by atoms with E-state index in [1.807, 2.05) is 6.92 Å². The van der Waals surface area contributed by atoms with Gasteiger partial charge in [-0.2, -0.15) is 5.10 Å². The molecule has 4 heteroatoms. The molecule has 1 heterocycles. The first kappa shape index (κ1) is 10.4. The molecule has 0 radical (unpaired) electrons. The average molecular weight is 216 g/mol. The summed E-state index contributed by atoms with van der Waals surface area (Å²) in [6, 6.07) is 5.27. The second-order valence-electron chi connectivity index (χ2n) is 3.59. The van der Waals surface area contributed by atoms with Crippen LogP contribution in [0.15, 0.2) is 29.6 Å². The Morgan fingerprint density at radius 1 is 1.44 bits per heavy atom. The van der Waals surface area contributed by atoms with E-state index in [9.17, 15) is 4.79 Å². The fourth-order valence-electron chi connectivity index (χ4n) is 1.60. The average Bonchev–Trinajstić information content (AvgIpc) is 2.28. The van der Waals surface area contributed by atoms with Crippen LogP contribution in [0.25, 0.3) is 16.3 Å². The second-order valence-corrected chi connectivity index (χ2v) is 3.59. The normalized spacial score (nSPS) is 10.4. The van der Waals surface area contributed by atoms with Crippen molar-refractivity contribution in [2.45, 2.75) is 6.92 Å². The molecule has 0 unspecified atom stereocenters. The first-order chi connectivity index (χ1) is 7.63. The number of methoxy groups -OCH3 is 1. The van der Waals surface area contributed by atoms with E-state index in [2.05, 4.69) is 16.8 Å². The number of hydrogen-bond donors (Lipinski definition) is 1. The van der Waals surface area contributed by atoms with Gasteiger partial charge in [0.25, 0.3) is 5.56 Å². The highest BCUT2D eigenvalue weighted by Gasteiger charge is 2.07. The van der Waals surface area contributed by atoms with E-state index in [1.165, 1.54) is 0 Å². The van der Waals surface area contributed by atoms with Crippen LogP contribution >= 0.6 is 0 Å². The number of H-pyrrole nitrogens is 1. The predicted octanol–water partition coefficient (Wildman–Crippen LogP) is 1.96. The van der Waals surface area contributed by atoms with Crippen LogP contribution in [0.3, 0.4) is 0 Å². The van der Waals surface area contributed by atoms with Gasteiger partial charge in [-0.25, -0.2) is 5.10 Å². The molecule has 4 nitrogen and oxygen atoms in total. The van der Waals surface area contributed by atoms with Gasteiger partial charge in [0.2, 0.25) is 0 Å². The van der Waals surface area contributed by atoms with Gasteiger partial charge in [-0.05, 0) is 30.7 Å². The van der Waals surface area contributed by atoms with Crippen molar-refractivity contribution in [3.05, 3.63) is 40.8 Å². The van der Waals surface area contributed by atoms with E-state index < -0.39 is 0 Å². The predicted molar refractivity (Wildman–Crippen MR) is 63.6 cm³/mol. The summed E-state index contributed by atoms with van der Waals surface area (Å²) in [7, 11) is 1.59. The lowest BCUT2D eigenvalue weighted by Gasteiger charge is -2.06. The molecular weight excluding hydrogens is 204 g/mol. The van der Waals surface area contributed by atoms with Crippen molar-refractivity contribution >= 4 is 16.3 Å². The number of hydrogen-bond acceptors (Lipinski definition) is 3. The van der Waals surface area contributed by atoms with Crippen molar-refractivity contribution < 1.29 is 4.74 Å². The van der Waals surface area contributed by atoms with Gasteiger partial charge in [0.05, 0.1) is 18.2 Å². The number of nitrogens with zero attached hydrogens (tertiary/aromatic N) is 1. The van der Waals surface area contributed by atoms with E-state index in [-0.39, 0.29) is 5.56 Å². The summed E-state index contributed by atoms with van der Waals surface area (Å²) in [5, 5.41) is 7.79. The second kappa shape index (κ2) is 3.81. The molecule has 0 saturated heterocycles. The fraction of sp³-hybridized carbons (Fsp3) is 0.167. The lowest BCUT2D eigenvalue weighted by Crippen LogP contribution is -2.10. The Morgan fingerprint density at radius 2 is 2.19 bits per heavy atom. The molecule has 0 spiro atoms. The third kappa shape index (κ3) is 1.58. The van der Waals surface area contributed by atoms with E-state index in [0.717, 1.165) is 11.0 Å². The van der Waals surface area contributed by atoms with Gasteiger partial charge in [0.1, 0.15) is 5.75 Å². The largest absolute Gasteiger partial charge is 0.497 e. The van der Waals surface area contributed by atoms with E-state index in [4.69, 9.17) is 4.74 Å². The molecule has 0 aliphatic rings. The Morgan fingerprint density at radius 3 is 2.81 bits per heavy atom. The Hall–Kier alpha value is -2.10. The molecule has 0 aliphatic carbocycles. The number of aromatic amines is 1. The van der Waals surface area contributed by atoms with Crippen molar-refractivity contribution in [2.24, 2.45) is 0 Å². The van der Waals surface area contributed by atoms with Crippen molar-refractivity contribution in [1.82, 2.24) is 10.2 Å². The van der Waals surface area contributed by atoms with Crippen molar-refractivity contribution in [3.63, 3.8) is 0 Å². The summed E-state index contributed by atoms with van der Waals surface area (Å²) in [6.45, 7) is 5.68. The number of ether oxygens (including phenoxy) is 1. The third-order valence-electron chi connectivity index (χ3n) is 2.40. The zero-order chi connectivity index (χ0) is 11.7. The number of aromatic nitrogens is 2. The lowest BCUT2D eigenvalue weighted by atomic mass is 10.1. The maximum atomic E-state index is 11.6. The number of nitrogens with one attached hydrogen (secondary N) is 1. The summed E-state index contributed by atoms with van der Waals surface area (Å²) in [5.41, 5.74) is 1.28. The Kier molecular flexibility index (Phi) is 2.48. The first-order valence-electron chi connectivity index (χ1n) is 4.86. The van der Waals surface area contributed by atoms with Crippen LogP contribution in [0.4, 0.5) is 0 Å². The highest BCUT2D eigenvalue weighted by molar-refractivity contribution is 5.91. The monoisotopic (exact) mass is 216 g/mol. The molecule has 0 bridgehead atoms. The van der Waals surface area contributed by atoms with E-state index in [1.54, 1.807) is 25.3 Å². The van der Waals surface area contributed by atoms with Crippen molar-refractivity contribution in [2.75, 3.05) is 7.11 Å². The molecule has 1 N–H and O–H groups in total. The third-order valence-corrected chi connectivity index (χ3v) is 2.40. The maximum absolute atomic E-state index is 11.6. The molecule has 1 aromatic heterocycles. The molecule has 82 valence electrons. The molecule has 2 aromatic rings. The molecule has 2 rings (SSSR count). The number of allylic oxidation sites excluding steroid dienone is 1. The van der Waals surface area contributed by atoms with Gasteiger partial charge in [0, 0.05) is 5.39 Å². The summed E-state index contributed by atoms with van der Waals surface area (Å²) >= 11 is 0. The molecule has 16 heavy (non-hydrogen) atoms. The van der Waals surface area contributed by atoms with Gasteiger partial charge in [-0.3, -0.25) is 4.79 Å². The van der Waals surface area contributed by atoms with Crippen molar-refractivity contribution in [1.29, 1.82) is 0 Å². The number of fused-ring (bicyclic) bond motifs is 1. The SMILES string of the molecule is C=C(C)c1n[nH]c(=O)c2ccc(OC)cc12. The smallest absolute Gasteiger partial charge is 0.272 e. The first-order valence-corrected chi connectivity index (χ1v) is 4.86. The van der Waals surface area contributed by atoms with E-state index in [0.29, 0.717) is 16.8 Å². The van der Waals surface area contributed by atoms with Crippen LogP contribution in [-0.2, 0) is 0 Å². The minimum absolute atomic E-state index is 0.206. The van der Waals surface area contributed by atoms with Gasteiger partial charge < -0.3 is 4.74 Å². The van der Waals surface area contributed by atoms with Gasteiger partial charge in [-0.15, -0.1) is 0 Å². The maximum Gasteiger partial charge on any atom is 0.272 e. The number of benzene rings is 1. The lowest BCUT2D eigenvalue weighted by molar-refractivity contribution is 0.415. The fourth-order valence-corrected chi connectivity index (χ4v) is 1.60. The highest BCUT2D eigenvalue weighted by Crippen LogP contribution is 2.23. The Bertz CT molecular complexity index is 614. The molecule has 0 atom stereocenters. The van der Waals surface area contributed by atoms with Gasteiger partial charge in [-0.1, -0.05) is 6.58 Å². The summed E-state index contributed by atoms with van der Waals surface area (Å²) in [5.74, 6) is 0.697. The molecule has 0 fully saturated rings. The van der Waals surface area contributed by atoms with Crippen LogP contribution in [0.1, 0.15) is 12.6 Å². The van der Waals surface area contributed by atoms with Gasteiger partial charge >= 0.3 is 0 Å². The minimum Gasteiger partial charge on any atom is -0.497 e. The Balaban J connectivity index is 2.88. The van der Waals surface area contributed by atoms with Crippen LogP contribution < -0.4 is 10.3 Å². The molecule has 0 amide bonds. The molecule has 0 saturated carbocycles. The zero-order valence-electron chi connectivity index (χ0n) is 9.20. The standard InChI is InChI=1S/C12H12N2O2/c1-7(2)11-10-6-8(16-3)4-5-9(10)12(15)14-13-11/h4-6H,1H2,2-3H3,(H,14,15). The van der Waals surface area contributed by atoms with E-state index >= 15 is 0 Å². The van der Waals surface area contributed by atoms with Crippen LogP contribution in [0, 0.1) is 0 Å². The summed E-state index contributed by atoms with van der Waals surface area (Å²) < 4.78 is 5.13. The summed E-state index contributed by atoms with van der Waals surface area (Å²) in [4.78, 5) is 11.6. The summed E-state index contributed by atoms with van der Waals surface area (Å²) in [6.07, 6.45) is 0. The Labute approximate surface area is 92.6 Å². The molecule has 0 aliphatic heterocycles. The van der Waals surface area contributed by atoms with Crippen LogP contribution in [-0.4, -0.2) is 17.3 Å². The quantitative estimate of drug-likeness (QED) is 0.834. The topological polar surface area (TPSA) is 55.0 Å². The zero-order valence-corrected chi connectivity index (χ0v) is 9.20. The molecular formula is C12H12N2O2. The van der Waals surface area contributed by atoms with Crippen LogP contribution in [0.2, 0.25) is 0 Å². The van der Waals surface area contributed by atoms with Gasteiger partial charge in [0.15, 0.2) is 0 Å². The van der Waals surface area contributed by atoms with Crippen molar-refractivity contribution in [3.8, 4) is 5.75 Å². The molecule has 1 aromatic carbocycles. The minimum atomic E-state index is -0.206. The highest BCUT2D eigenvalue weighted by atomic mass is 16.5. The van der Waals surface area contributed by atoms with Crippen LogP contribution in [0.5, 0.6) is 5.75 Å².